The highest BCUT2D eigenvalue weighted by atomic mass is 16.5. The first-order chi connectivity index (χ1) is 8.86. The summed E-state index contributed by atoms with van der Waals surface area (Å²) in [5.74, 6) is 1.74. The van der Waals surface area contributed by atoms with Crippen LogP contribution in [0, 0.1) is 0 Å². The minimum absolute atomic E-state index is 0.444. The van der Waals surface area contributed by atoms with Gasteiger partial charge in [-0.2, -0.15) is 0 Å². The molecular formula is C14H16BNO2. The Morgan fingerprint density at radius 2 is 1.28 bits per heavy atom. The van der Waals surface area contributed by atoms with Crippen molar-refractivity contribution < 1.29 is 9.39 Å². The summed E-state index contributed by atoms with van der Waals surface area (Å²) in [7, 11) is 4.56. The Morgan fingerprint density at radius 1 is 0.833 bits per heavy atom. The predicted octanol–water partition coefficient (Wildman–Crippen LogP) is 2.52. The molecule has 0 aromatic heterocycles. The second-order valence-electron chi connectivity index (χ2n) is 3.39. The van der Waals surface area contributed by atoms with Crippen LogP contribution in [0.3, 0.4) is 0 Å². The largest absolute Gasteiger partial charge is 0.457 e. The second-order valence-corrected chi connectivity index (χ2v) is 3.39. The van der Waals surface area contributed by atoms with E-state index in [2.05, 4.69) is 12.7 Å². The number of para-hydroxylation sites is 2. The van der Waals surface area contributed by atoms with E-state index in [0.717, 1.165) is 11.5 Å². The van der Waals surface area contributed by atoms with Gasteiger partial charge in [0.2, 0.25) is 0 Å². The van der Waals surface area contributed by atoms with Gasteiger partial charge < -0.3 is 15.1 Å². The first-order valence-corrected chi connectivity index (χ1v) is 5.66. The fraction of sp³-hybridized carbons (Fsp3) is 0.143. The van der Waals surface area contributed by atoms with Crippen LogP contribution < -0.4 is 10.5 Å². The summed E-state index contributed by atoms with van der Waals surface area (Å²) in [5.41, 5.74) is 4.93. The third-order valence-electron chi connectivity index (χ3n) is 1.96. The Morgan fingerprint density at radius 3 is 1.56 bits per heavy atom. The van der Waals surface area contributed by atoms with Gasteiger partial charge in [0, 0.05) is 13.2 Å². The van der Waals surface area contributed by atoms with E-state index in [0.29, 0.717) is 13.2 Å². The molecule has 0 heterocycles. The summed E-state index contributed by atoms with van der Waals surface area (Å²) >= 11 is 0. The van der Waals surface area contributed by atoms with E-state index in [1.54, 1.807) is 0 Å². The molecule has 2 radical (unpaired) electrons. The Kier molecular flexibility index (Phi) is 7.36. The van der Waals surface area contributed by atoms with Gasteiger partial charge in [-0.3, -0.25) is 0 Å². The lowest BCUT2D eigenvalue weighted by Crippen LogP contribution is -2.05. The summed E-state index contributed by atoms with van der Waals surface area (Å²) in [4.78, 5) is 0. The normalized spacial score (nSPS) is 9.17. The van der Waals surface area contributed by atoms with Crippen molar-refractivity contribution in [2.75, 3.05) is 13.2 Å². The molecule has 2 aromatic carbocycles. The lowest BCUT2D eigenvalue weighted by Gasteiger charge is -2.03. The molecule has 0 amide bonds. The molecule has 0 atom stereocenters. The average Bonchev–Trinajstić information content (AvgIpc) is 2.43. The van der Waals surface area contributed by atoms with E-state index in [4.69, 9.17) is 10.5 Å². The molecule has 0 saturated carbocycles. The van der Waals surface area contributed by atoms with Crippen LogP contribution in [0.1, 0.15) is 0 Å². The van der Waals surface area contributed by atoms with E-state index in [-0.39, 0.29) is 0 Å². The summed E-state index contributed by atoms with van der Waals surface area (Å²) < 4.78 is 9.64. The molecule has 0 bridgehead atoms. The number of rotatable bonds is 4. The summed E-state index contributed by atoms with van der Waals surface area (Å²) in [6.45, 7) is 0.941. The van der Waals surface area contributed by atoms with Gasteiger partial charge in [-0.15, -0.1) is 0 Å². The number of hydrogen-bond acceptors (Lipinski definition) is 3. The number of nitrogens with two attached hydrogens (primary N) is 1. The van der Waals surface area contributed by atoms with Gasteiger partial charge >= 0.3 is 0 Å². The highest BCUT2D eigenvalue weighted by molar-refractivity contribution is 5.97. The maximum Gasteiger partial charge on any atom is 0.282 e. The van der Waals surface area contributed by atoms with E-state index in [9.17, 15) is 0 Å². The molecule has 4 heteroatoms. The molecular weight excluding hydrogens is 225 g/mol. The molecule has 0 aliphatic heterocycles. The smallest absolute Gasteiger partial charge is 0.282 e. The van der Waals surface area contributed by atoms with Gasteiger partial charge in [0.15, 0.2) is 0 Å². The predicted molar refractivity (Wildman–Crippen MR) is 73.7 cm³/mol. The third-order valence-corrected chi connectivity index (χ3v) is 1.96. The Labute approximate surface area is 109 Å². The molecule has 0 spiro atoms. The molecule has 0 fully saturated rings. The lowest BCUT2D eigenvalue weighted by molar-refractivity contribution is 0.361. The molecule has 0 unspecified atom stereocenters. The van der Waals surface area contributed by atoms with Gasteiger partial charge in [0.25, 0.3) is 8.05 Å². The molecule has 2 rings (SSSR count). The minimum Gasteiger partial charge on any atom is -0.457 e. The quantitative estimate of drug-likeness (QED) is 0.836. The van der Waals surface area contributed by atoms with Crippen LogP contribution in [-0.4, -0.2) is 21.2 Å². The summed E-state index contributed by atoms with van der Waals surface area (Å²) in [6.07, 6.45) is 0. The molecule has 3 nitrogen and oxygen atoms in total. The fourth-order valence-corrected chi connectivity index (χ4v) is 1.18. The molecule has 0 saturated heterocycles. The van der Waals surface area contributed by atoms with E-state index >= 15 is 0 Å². The van der Waals surface area contributed by atoms with Crippen LogP contribution in [0.2, 0.25) is 0 Å². The zero-order valence-corrected chi connectivity index (χ0v) is 10.2. The first kappa shape index (κ1) is 14.3. The van der Waals surface area contributed by atoms with Crippen LogP contribution in [0.5, 0.6) is 11.5 Å². The van der Waals surface area contributed by atoms with E-state index in [1.165, 1.54) is 0 Å². The van der Waals surface area contributed by atoms with Gasteiger partial charge in [-0.1, -0.05) is 36.4 Å². The second kappa shape index (κ2) is 9.28. The van der Waals surface area contributed by atoms with Crippen molar-refractivity contribution in [3.63, 3.8) is 0 Å². The molecule has 18 heavy (non-hydrogen) atoms. The number of hydrogen-bond donors (Lipinski definition) is 1. The fourth-order valence-electron chi connectivity index (χ4n) is 1.18. The number of ether oxygens (including phenoxy) is 1. The highest BCUT2D eigenvalue weighted by Gasteiger charge is 1.92. The van der Waals surface area contributed by atoms with Crippen molar-refractivity contribution >= 4 is 8.05 Å². The van der Waals surface area contributed by atoms with Crippen LogP contribution in [0.25, 0.3) is 0 Å². The maximum absolute atomic E-state index is 5.58. The molecule has 92 valence electrons. The van der Waals surface area contributed by atoms with Crippen molar-refractivity contribution in [1.82, 2.24) is 0 Å². The topological polar surface area (TPSA) is 44.5 Å². The summed E-state index contributed by atoms with van der Waals surface area (Å²) in [6, 6.07) is 19.5. The highest BCUT2D eigenvalue weighted by Crippen LogP contribution is 2.19. The van der Waals surface area contributed by atoms with Crippen molar-refractivity contribution in [2.24, 2.45) is 5.73 Å². The van der Waals surface area contributed by atoms with Gasteiger partial charge in [-0.25, -0.2) is 0 Å². The zero-order valence-electron chi connectivity index (χ0n) is 10.2. The van der Waals surface area contributed by atoms with Crippen LogP contribution in [0.4, 0.5) is 0 Å². The van der Waals surface area contributed by atoms with Crippen molar-refractivity contribution in [2.45, 2.75) is 0 Å². The van der Waals surface area contributed by atoms with Crippen LogP contribution >= 0.6 is 0 Å². The van der Waals surface area contributed by atoms with Crippen molar-refractivity contribution in [1.29, 1.82) is 0 Å². The molecule has 0 aliphatic rings. The van der Waals surface area contributed by atoms with Crippen LogP contribution in [-0.2, 0) is 4.65 Å². The van der Waals surface area contributed by atoms with Gasteiger partial charge in [0.05, 0.1) is 0 Å². The zero-order chi connectivity index (χ0) is 13.1. The monoisotopic (exact) mass is 241 g/mol. The van der Waals surface area contributed by atoms with Crippen LogP contribution in [0.15, 0.2) is 60.7 Å². The van der Waals surface area contributed by atoms with Gasteiger partial charge in [-0.05, 0) is 24.3 Å². The Bertz CT molecular complexity index is 369. The average molecular weight is 241 g/mol. The first-order valence-electron chi connectivity index (χ1n) is 5.66. The number of benzene rings is 2. The molecule has 2 aromatic rings. The van der Waals surface area contributed by atoms with E-state index in [1.807, 2.05) is 60.7 Å². The molecule has 0 aliphatic carbocycles. The summed E-state index contributed by atoms with van der Waals surface area (Å²) in [5, 5.41) is 0. The van der Waals surface area contributed by atoms with E-state index < -0.39 is 0 Å². The lowest BCUT2D eigenvalue weighted by atomic mass is 10.3. The van der Waals surface area contributed by atoms with Crippen molar-refractivity contribution in [3.8, 4) is 11.5 Å². The minimum atomic E-state index is 0.444. The molecule has 2 N–H and O–H groups in total. The maximum atomic E-state index is 5.58. The SMILES string of the molecule is [B]OCCN.c1ccc(Oc2ccccc2)cc1. The third kappa shape index (κ3) is 6.08. The Hall–Kier alpha value is -1.78. The van der Waals surface area contributed by atoms with Crippen molar-refractivity contribution in [3.05, 3.63) is 60.7 Å². The Balaban J connectivity index is 0.000000280. The van der Waals surface area contributed by atoms with Gasteiger partial charge in [0.1, 0.15) is 11.5 Å². The standard InChI is InChI=1S/C12H10O.C2H6BNO/c1-3-7-11(8-4-1)13-12-9-5-2-6-10-12;3-5-2-1-4/h1-10H;1-2,4H2.